The summed E-state index contributed by atoms with van der Waals surface area (Å²) in [6.45, 7) is 1.38. The zero-order chi connectivity index (χ0) is 31.3. The van der Waals surface area contributed by atoms with Crippen LogP contribution in [0.2, 0.25) is 0 Å². The van der Waals surface area contributed by atoms with Gasteiger partial charge in [-0.15, -0.1) is 0 Å². The first-order chi connectivity index (χ1) is 20.9. The van der Waals surface area contributed by atoms with Crippen molar-refractivity contribution in [2.75, 3.05) is 36.3 Å². The van der Waals surface area contributed by atoms with Gasteiger partial charge in [0, 0.05) is 23.6 Å². The standard InChI is InChI=1S/C30H28F2N6O5S/c1-17-10-21-26(13-22(17)31)37(14-19-11-20-25(12-23(19)32)33-16-34-29(20)39)28(30(40)43-9-8-36(2)3)27(21)38-15-18-6-4-5-7-24(18)35-44(38,41)42/h4-7,10-13,16,35H,8-9,14-15H2,1-3H3,(H,33,34,39). The lowest BCUT2D eigenvalue weighted by molar-refractivity contribution is 0.0471. The molecule has 0 bridgehead atoms. The Hall–Kier alpha value is -4.82. The molecule has 0 atom stereocenters. The third-order valence-corrected chi connectivity index (χ3v) is 8.90. The normalized spacial score (nSPS) is 14.2. The van der Waals surface area contributed by atoms with Crippen molar-refractivity contribution in [3.8, 4) is 0 Å². The van der Waals surface area contributed by atoms with E-state index < -0.39 is 33.4 Å². The van der Waals surface area contributed by atoms with Gasteiger partial charge in [-0.05, 0) is 56.4 Å². The van der Waals surface area contributed by atoms with Crippen LogP contribution in [-0.4, -0.2) is 61.1 Å². The van der Waals surface area contributed by atoms with Gasteiger partial charge in [-0.1, -0.05) is 18.2 Å². The van der Waals surface area contributed by atoms with Crippen LogP contribution in [0.5, 0.6) is 0 Å². The predicted octanol–water partition coefficient (Wildman–Crippen LogP) is 3.91. The van der Waals surface area contributed by atoms with Crippen molar-refractivity contribution in [3.05, 3.63) is 99.2 Å². The van der Waals surface area contributed by atoms with Crippen LogP contribution in [-0.2, 0) is 28.0 Å². The second-order valence-corrected chi connectivity index (χ2v) is 12.4. The molecule has 0 saturated carbocycles. The summed E-state index contributed by atoms with van der Waals surface area (Å²) in [5.74, 6) is -2.22. The second kappa shape index (κ2) is 11.0. The number of aromatic amines is 1. The number of halogens is 2. The highest BCUT2D eigenvalue weighted by atomic mass is 32.2. The zero-order valence-electron chi connectivity index (χ0n) is 24.0. The number of hydrogen-bond donors (Lipinski definition) is 2. The third-order valence-electron chi connectivity index (χ3n) is 7.53. The first-order valence-electron chi connectivity index (χ1n) is 13.6. The molecule has 11 nitrogen and oxygen atoms in total. The highest BCUT2D eigenvalue weighted by Crippen LogP contribution is 2.41. The number of fused-ring (bicyclic) bond motifs is 3. The average Bonchev–Trinajstić information content (AvgIpc) is 3.25. The lowest BCUT2D eigenvalue weighted by atomic mass is 10.1. The van der Waals surface area contributed by atoms with Crippen molar-refractivity contribution < 1.29 is 26.7 Å². The number of nitrogens with zero attached hydrogens (tertiary/aromatic N) is 4. The smallest absolute Gasteiger partial charge is 0.357 e. The van der Waals surface area contributed by atoms with Crippen molar-refractivity contribution in [2.45, 2.75) is 20.0 Å². The average molecular weight is 623 g/mol. The van der Waals surface area contributed by atoms with Crippen LogP contribution in [0, 0.1) is 18.6 Å². The molecular formula is C30H28F2N6O5S. The third kappa shape index (κ3) is 5.15. The van der Waals surface area contributed by atoms with Crippen molar-refractivity contribution >= 4 is 49.4 Å². The maximum absolute atomic E-state index is 15.5. The van der Waals surface area contributed by atoms with Crippen molar-refractivity contribution in [3.63, 3.8) is 0 Å². The van der Waals surface area contributed by atoms with Gasteiger partial charge in [0.15, 0.2) is 5.69 Å². The largest absolute Gasteiger partial charge is 0.460 e. The van der Waals surface area contributed by atoms with Crippen LogP contribution in [0.25, 0.3) is 21.8 Å². The van der Waals surface area contributed by atoms with Gasteiger partial charge in [-0.3, -0.25) is 9.52 Å². The summed E-state index contributed by atoms with van der Waals surface area (Å²) in [4.78, 5) is 34.6. The summed E-state index contributed by atoms with van der Waals surface area (Å²) in [5.41, 5.74) is 0.743. The van der Waals surface area contributed by atoms with Crippen LogP contribution in [0.1, 0.15) is 27.2 Å². The lowest BCUT2D eigenvalue weighted by Crippen LogP contribution is -2.40. The zero-order valence-corrected chi connectivity index (χ0v) is 24.8. The molecule has 0 saturated heterocycles. The van der Waals surface area contributed by atoms with Crippen LogP contribution in [0.4, 0.5) is 20.2 Å². The number of likely N-dealkylation sites (N-methyl/N-ethyl adjacent to an activating group) is 1. The number of esters is 1. The van der Waals surface area contributed by atoms with Gasteiger partial charge in [0.05, 0.1) is 47.2 Å². The molecule has 228 valence electrons. The molecule has 0 amide bonds. The molecular weight excluding hydrogens is 594 g/mol. The van der Waals surface area contributed by atoms with Gasteiger partial charge in [0.1, 0.15) is 18.2 Å². The Morgan fingerprint density at radius 2 is 1.86 bits per heavy atom. The Kier molecular flexibility index (Phi) is 7.33. The maximum Gasteiger partial charge on any atom is 0.357 e. The fourth-order valence-corrected chi connectivity index (χ4v) is 6.61. The van der Waals surface area contributed by atoms with Gasteiger partial charge in [0.2, 0.25) is 0 Å². The minimum absolute atomic E-state index is 0.00672. The summed E-state index contributed by atoms with van der Waals surface area (Å²) >= 11 is 0. The predicted molar refractivity (Wildman–Crippen MR) is 162 cm³/mol. The Balaban J connectivity index is 1.62. The molecule has 14 heteroatoms. The Morgan fingerprint density at radius 1 is 1.09 bits per heavy atom. The number of carbonyl (C=O) groups excluding carboxylic acids is 1. The van der Waals surface area contributed by atoms with E-state index in [1.807, 2.05) is 0 Å². The van der Waals surface area contributed by atoms with E-state index in [0.29, 0.717) is 17.8 Å². The number of rotatable bonds is 7. The van der Waals surface area contributed by atoms with Crippen LogP contribution in [0.3, 0.4) is 0 Å². The van der Waals surface area contributed by atoms with E-state index in [4.69, 9.17) is 4.74 Å². The van der Waals surface area contributed by atoms with E-state index in [2.05, 4.69) is 14.7 Å². The monoisotopic (exact) mass is 622 g/mol. The number of carbonyl (C=O) groups is 1. The minimum atomic E-state index is -4.26. The van der Waals surface area contributed by atoms with E-state index in [1.165, 1.54) is 29.7 Å². The van der Waals surface area contributed by atoms with Gasteiger partial charge >= 0.3 is 16.2 Å². The van der Waals surface area contributed by atoms with Crippen molar-refractivity contribution in [1.29, 1.82) is 0 Å². The van der Waals surface area contributed by atoms with E-state index in [-0.39, 0.29) is 64.0 Å². The number of anilines is 2. The number of aromatic nitrogens is 3. The molecule has 0 unspecified atom stereocenters. The topological polar surface area (TPSA) is 130 Å². The summed E-state index contributed by atoms with van der Waals surface area (Å²) in [6, 6.07) is 11.9. The summed E-state index contributed by atoms with van der Waals surface area (Å²) in [5, 5.41) is 0.353. The Morgan fingerprint density at radius 3 is 2.64 bits per heavy atom. The molecule has 0 radical (unpaired) electrons. The van der Waals surface area contributed by atoms with Crippen molar-refractivity contribution in [2.24, 2.45) is 0 Å². The van der Waals surface area contributed by atoms with Gasteiger partial charge < -0.3 is 19.2 Å². The quantitative estimate of drug-likeness (QED) is 0.264. The maximum atomic E-state index is 15.5. The molecule has 5 aromatic rings. The van der Waals surface area contributed by atoms with Crippen molar-refractivity contribution in [1.82, 2.24) is 19.4 Å². The molecule has 0 spiro atoms. The SMILES string of the molecule is Cc1cc2c(N3Cc4ccccc4NS3(=O)=O)c(C(=O)OCCN(C)C)n(Cc3cc4c(=O)[nH]cnc4cc3F)c2cc1F. The highest BCUT2D eigenvalue weighted by molar-refractivity contribution is 7.94. The Labute approximate surface area is 250 Å². The lowest BCUT2D eigenvalue weighted by Gasteiger charge is -2.31. The van der Waals surface area contributed by atoms with E-state index in [0.717, 1.165) is 16.7 Å². The number of aryl methyl sites for hydroxylation is 1. The molecule has 2 N–H and O–H groups in total. The highest BCUT2D eigenvalue weighted by Gasteiger charge is 2.37. The number of para-hydroxylation sites is 1. The fourth-order valence-electron chi connectivity index (χ4n) is 5.29. The number of nitrogens with one attached hydrogen (secondary N) is 2. The van der Waals surface area contributed by atoms with E-state index in [1.54, 1.807) is 43.3 Å². The van der Waals surface area contributed by atoms with E-state index in [9.17, 15) is 18.0 Å². The minimum Gasteiger partial charge on any atom is -0.460 e. The van der Waals surface area contributed by atoms with Crippen LogP contribution < -0.4 is 14.6 Å². The van der Waals surface area contributed by atoms with Crippen LogP contribution in [0.15, 0.2) is 59.7 Å². The van der Waals surface area contributed by atoms with Gasteiger partial charge in [-0.2, -0.15) is 8.42 Å². The molecule has 3 heterocycles. The van der Waals surface area contributed by atoms with Crippen LogP contribution >= 0.6 is 0 Å². The number of hydrogen-bond acceptors (Lipinski definition) is 7. The molecule has 3 aromatic carbocycles. The molecule has 0 fully saturated rings. The second-order valence-electron chi connectivity index (χ2n) is 10.8. The van der Waals surface area contributed by atoms with E-state index >= 15 is 8.78 Å². The molecule has 44 heavy (non-hydrogen) atoms. The first-order valence-corrected chi connectivity index (χ1v) is 15.1. The fraction of sp³-hybridized carbons (Fsp3) is 0.233. The summed E-state index contributed by atoms with van der Waals surface area (Å²) in [6.07, 6.45) is 1.16. The molecule has 0 aliphatic carbocycles. The number of H-pyrrole nitrogens is 1. The summed E-state index contributed by atoms with van der Waals surface area (Å²) < 4.78 is 68.5. The molecule has 1 aliphatic rings. The molecule has 2 aromatic heterocycles. The summed E-state index contributed by atoms with van der Waals surface area (Å²) in [7, 11) is -0.672. The molecule has 1 aliphatic heterocycles. The molecule has 6 rings (SSSR count). The Bertz CT molecular complexity index is 2130. The van der Waals surface area contributed by atoms with Gasteiger partial charge in [-0.25, -0.2) is 22.9 Å². The van der Waals surface area contributed by atoms with Gasteiger partial charge in [0.25, 0.3) is 5.56 Å². The number of ether oxygens (including phenoxy) is 1. The number of benzene rings is 3. The first kappa shape index (κ1) is 29.3.